The summed E-state index contributed by atoms with van der Waals surface area (Å²) in [5, 5.41) is 16.4. The predicted octanol–water partition coefficient (Wildman–Crippen LogP) is 1.21. The van der Waals surface area contributed by atoms with Gasteiger partial charge in [-0.3, -0.25) is 4.68 Å². The second-order valence-corrected chi connectivity index (χ2v) is 6.04. The highest BCUT2D eigenvalue weighted by Gasteiger charge is 2.29. The maximum atomic E-state index is 12.1. The number of amides is 2. The number of fused-ring (bicyclic) bond motifs is 1. The summed E-state index contributed by atoms with van der Waals surface area (Å²) < 4.78 is 1.68. The van der Waals surface area contributed by atoms with Crippen LogP contribution in [0.5, 0.6) is 0 Å². The van der Waals surface area contributed by atoms with Gasteiger partial charge < -0.3 is 15.3 Å². The van der Waals surface area contributed by atoms with Gasteiger partial charge in [0.25, 0.3) is 0 Å². The minimum atomic E-state index is -0.998. The highest BCUT2D eigenvalue weighted by Crippen LogP contribution is 2.20. The molecule has 0 spiro atoms. The van der Waals surface area contributed by atoms with Gasteiger partial charge in [-0.1, -0.05) is 0 Å². The Bertz CT molecular complexity index is 557. The number of hydrogen-bond acceptors (Lipinski definition) is 3. The molecule has 2 heterocycles. The van der Waals surface area contributed by atoms with Crippen molar-refractivity contribution in [2.75, 3.05) is 6.54 Å². The van der Waals surface area contributed by atoms with E-state index in [1.54, 1.807) is 16.5 Å². The molecule has 1 aliphatic heterocycles. The Morgan fingerprint density at radius 2 is 1.95 bits per heavy atom. The summed E-state index contributed by atoms with van der Waals surface area (Å²) in [5.74, 6) is -0.998. The first-order chi connectivity index (χ1) is 9.19. The number of hydrogen-bond donors (Lipinski definition) is 2. The number of aromatic nitrogens is 2. The van der Waals surface area contributed by atoms with Gasteiger partial charge in [0.15, 0.2) is 0 Å². The number of aryl methyl sites for hydroxylation is 1. The van der Waals surface area contributed by atoms with Crippen LogP contribution in [0.3, 0.4) is 0 Å². The molecule has 0 aromatic carbocycles. The lowest BCUT2D eigenvalue weighted by Gasteiger charge is -2.31. The van der Waals surface area contributed by atoms with Crippen LogP contribution in [0.1, 0.15) is 42.5 Å². The molecular weight excluding hydrogens is 260 g/mol. The number of rotatable bonds is 1. The third-order valence-corrected chi connectivity index (χ3v) is 3.14. The Kier molecular flexibility index (Phi) is 3.45. The van der Waals surface area contributed by atoms with Crippen LogP contribution in [-0.2, 0) is 13.1 Å². The molecule has 0 atom stereocenters. The molecule has 1 aromatic heterocycles. The first kappa shape index (κ1) is 14.4. The molecule has 110 valence electrons. The van der Waals surface area contributed by atoms with Gasteiger partial charge in [0, 0.05) is 12.1 Å². The monoisotopic (exact) mass is 280 g/mol. The summed E-state index contributed by atoms with van der Waals surface area (Å²) in [7, 11) is 0. The number of carbonyl (C=O) groups excluding carboxylic acids is 1. The second-order valence-electron chi connectivity index (χ2n) is 6.04. The lowest BCUT2D eigenvalue weighted by Crippen LogP contribution is -2.50. The normalized spacial score (nSPS) is 14.9. The van der Waals surface area contributed by atoms with Crippen molar-refractivity contribution in [1.29, 1.82) is 0 Å². The van der Waals surface area contributed by atoms with Gasteiger partial charge in [0.2, 0.25) is 0 Å². The minimum absolute atomic E-state index is 0.182. The topological polar surface area (TPSA) is 87.5 Å². The Morgan fingerprint density at radius 1 is 1.30 bits per heavy atom. The average Bonchev–Trinajstić information content (AvgIpc) is 2.61. The fraction of sp³-hybridized carbons (Fsp3) is 0.615. The third-order valence-electron chi connectivity index (χ3n) is 3.14. The molecule has 0 saturated heterocycles. The van der Waals surface area contributed by atoms with Crippen LogP contribution in [-0.4, -0.2) is 43.9 Å². The molecule has 0 fully saturated rings. The van der Waals surface area contributed by atoms with E-state index in [0.29, 0.717) is 24.5 Å². The van der Waals surface area contributed by atoms with Gasteiger partial charge in [-0.25, -0.2) is 9.59 Å². The van der Waals surface area contributed by atoms with Crippen molar-refractivity contribution in [2.45, 2.75) is 46.3 Å². The highest BCUT2D eigenvalue weighted by atomic mass is 16.4. The summed E-state index contributed by atoms with van der Waals surface area (Å²) in [6.45, 7) is 8.71. The molecule has 2 amide bonds. The summed E-state index contributed by atoms with van der Waals surface area (Å²) in [6, 6.07) is -0.182. The van der Waals surface area contributed by atoms with E-state index in [4.69, 9.17) is 0 Å². The van der Waals surface area contributed by atoms with Gasteiger partial charge in [-0.2, -0.15) is 5.10 Å². The van der Waals surface area contributed by atoms with E-state index >= 15 is 0 Å². The van der Waals surface area contributed by atoms with E-state index in [1.807, 2.05) is 20.8 Å². The maximum absolute atomic E-state index is 12.1. The summed E-state index contributed by atoms with van der Waals surface area (Å²) >= 11 is 0. The van der Waals surface area contributed by atoms with Crippen LogP contribution in [0, 0.1) is 6.92 Å². The second kappa shape index (κ2) is 4.81. The number of carbonyl (C=O) groups is 2. The van der Waals surface area contributed by atoms with Gasteiger partial charge >= 0.3 is 12.0 Å². The van der Waals surface area contributed by atoms with Crippen molar-refractivity contribution in [1.82, 2.24) is 20.0 Å². The zero-order valence-corrected chi connectivity index (χ0v) is 12.2. The number of carboxylic acid groups (broad SMARTS) is 1. The van der Waals surface area contributed by atoms with Crippen molar-refractivity contribution < 1.29 is 14.7 Å². The number of aromatic carboxylic acids is 1. The summed E-state index contributed by atoms with van der Waals surface area (Å²) in [6.07, 6.45) is 0. The van der Waals surface area contributed by atoms with Crippen molar-refractivity contribution in [3.8, 4) is 0 Å². The molecule has 0 unspecified atom stereocenters. The third kappa shape index (κ3) is 2.76. The molecule has 7 heteroatoms. The lowest BCUT2D eigenvalue weighted by atomic mass is 10.1. The molecular formula is C13H20N4O3. The largest absolute Gasteiger partial charge is 0.478 e. The van der Waals surface area contributed by atoms with E-state index in [2.05, 4.69) is 10.4 Å². The van der Waals surface area contributed by atoms with Gasteiger partial charge in [0.1, 0.15) is 5.56 Å². The zero-order chi connectivity index (χ0) is 15.1. The SMILES string of the molecule is Cc1nn2c(c1C(=O)O)CN(C(=O)NC(C)(C)C)CC2. The van der Waals surface area contributed by atoms with Crippen LogP contribution in [0.25, 0.3) is 0 Å². The predicted molar refractivity (Wildman–Crippen MR) is 72.6 cm³/mol. The maximum Gasteiger partial charge on any atom is 0.339 e. The molecule has 0 saturated carbocycles. The Morgan fingerprint density at radius 3 is 2.50 bits per heavy atom. The number of carboxylic acids is 1. The zero-order valence-electron chi connectivity index (χ0n) is 12.2. The van der Waals surface area contributed by atoms with Crippen LogP contribution in [0.4, 0.5) is 4.79 Å². The lowest BCUT2D eigenvalue weighted by molar-refractivity contribution is 0.0692. The van der Waals surface area contributed by atoms with E-state index < -0.39 is 5.97 Å². The quantitative estimate of drug-likeness (QED) is 0.809. The van der Waals surface area contributed by atoms with E-state index in [-0.39, 0.29) is 23.7 Å². The Labute approximate surface area is 117 Å². The van der Waals surface area contributed by atoms with Crippen LogP contribution < -0.4 is 5.32 Å². The number of nitrogens with one attached hydrogen (secondary N) is 1. The van der Waals surface area contributed by atoms with Crippen LogP contribution in [0.2, 0.25) is 0 Å². The summed E-state index contributed by atoms with van der Waals surface area (Å²) in [4.78, 5) is 25.1. The smallest absolute Gasteiger partial charge is 0.339 e. The van der Waals surface area contributed by atoms with Crippen molar-refractivity contribution in [3.05, 3.63) is 17.0 Å². The molecule has 1 aliphatic rings. The van der Waals surface area contributed by atoms with Gasteiger partial charge in [0.05, 0.1) is 24.5 Å². The average molecular weight is 280 g/mol. The molecule has 7 nitrogen and oxygen atoms in total. The molecule has 2 rings (SSSR count). The van der Waals surface area contributed by atoms with Crippen LogP contribution >= 0.6 is 0 Å². The molecule has 0 aliphatic carbocycles. The first-order valence-corrected chi connectivity index (χ1v) is 6.55. The standard InChI is InChI=1S/C13H20N4O3/c1-8-10(11(18)19)9-7-16(5-6-17(9)15-8)12(20)14-13(2,3)4/h5-7H2,1-4H3,(H,14,20)(H,18,19). The molecule has 2 N–H and O–H groups in total. The van der Waals surface area contributed by atoms with Crippen molar-refractivity contribution >= 4 is 12.0 Å². The number of nitrogens with zero attached hydrogens (tertiary/aromatic N) is 3. The fourth-order valence-corrected chi connectivity index (χ4v) is 2.30. The molecule has 1 aromatic rings. The van der Waals surface area contributed by atoms with E-state index in [9.17, 15) is 14.7 Å². The van der Waals surface area contributed by atoms with E-state index in [1.165, 1.54) is 0 Å². The molecule has 0 radical (unpaired) electrons. The Balaban J connectivity index is 2.22. The van der Waals surface area contributed by atoms with Crippen molar-refractivity contribution in [3.63, 3.8) is 0 Å². The molecule has 0 bridgehead atoms. The van der Waals surface area contributed by atoms with Gasteiger partial charge in [-0.05, 0) is 27.7 Å². The van der Waals surface area contributed by atoms with Gasteiger partial charge in [-0.15, -0.1) is 0 Å². The summed E-state index contributed by atoms with van der Waals surface area (Å²) in [5.41, 5.74) is 0.967. The van der Waals surface area contributed by atoms with Crippen LogP contribution in [0.15, 0.2) is 0 Å². The first-order valence-electron chi connectivity index (χ1n) is 6.55. The highest BCUT2D eigenvalue weighted by molar-refractivity contribution is 5.90. The number of urea groups is 1. The van der Waals surface area contributed by atoms with E-state index in [0.717, 1.165) is 0 Å². The fourth-order valence-electron chi connectivity index (χ4n) is 2.30. The molecule has 20 heavy (non-hydrogen) atoms. The van der Waals surface area contributed by atoms with Crippen molar-refractivity contribution in [2.24, 2.45) is 0 Å². The minimum Gasteiger partial charge on any atom is -0.478 e. The Hall–Kier alpha value is -2.05.